The first-order valence-corrected chi connectivity index (χ1v) is 10.7. The zero-order valence-electron chi connectivity index (χ0n) is 16.7. The number of thioether (sulfide) groups is 1. The van der Waals surface area contributed by atoms with E-state index < -0.39 is 12.6 Å². The fraction of sp³-hybridized carbons (Fsp3) is 0.227. The lowest BCUT2D eigenvalue weighted by molar-refractivity contribution is -0.139. The molecule has 0 radical (unpaired) electrons. The smallest absolute Gasteiger partial charge is 0.341 e. The molecule has 2 aromatic carbocycles. The molecule has 1 amide bonds. The summed E-state index contributed by atoms with van der Waals surface area (Å²) in [7, 11) is 0. The van der Waals surface area contributed by atoms with Crippen LogP contribution in [0.4, 0.5) is 11.4 Å². The molecule has 30 heavy (non-hydrogen) atoms. The van der Waals surface area contributed by atoms with Crippen LogP contribution in [0.1, 0.15) is 19.4 Å². The van der Waals surface area contributed by atoms with E-state index in [0.29, 0.717) is 26.2 Å². The highest BCUT2D eigenvalue weighted by Crippen LogP contribution is 2.37. The second kappa shape index (κ2) is 9.77. The van der Waals surface area contributed by atoms with Crippen LogP contribution < -0.4 is 14.5 Å². The molecule has 3 rings (SSSR count). The van der Waals surface area contributed by atoms with Crippen LogP contribution >= 0.6 is 24.0 Å². The van der Waals surface area contributed by atoms with Crippen LogP contribution in [0.15, 0.2) is 53.4 Å². The minimum atomic E-state index is -1.07. The maximum Gasteiger partial charge on any atom is 0.341 e. The van der Waals surface area contributed by atoms with E-state index in [1.807, 2.05) is 24.3 Å². The Morgan fingerprint density at radius 3 is 2.47 bits per heavy atom. The number of hydrogen-bond donors (Lipinski definition) is 1. The van der Waals surface area contributed by atoms with E-state index in [1.54, 1.807) is 30.3 Å². The van der Waals surface area contributed by atoms with E-state index in [1.165, 1.54) is 16.7 Å². The highest BCUT2D eigenvalue weighted by atomic mass is 32.2. The molecule has 1 heterocycles. The maximum absolute atomic E-state index is 13.0. The summed E-state index contributed by atoms with van der Waals surface area (Å²) in [6.45, 7) is 5.56. The molecule has 1 saturated heterocycles. The van der Waals surface area contributed by atoms with Gasteiger partial charge >= 0.3 is 5.97 Å². The molecular weight excluding hydrogens is 420 g/mol. The summed E-state index contributed by atoms with van der Waals surface area (Å²) in [4.78, 5) is 28.0. The molecule has 0 spiro atoms. The lowest BCUT2D eigenvalue weighted by atomic mass is 10.2. The van der Waals surface area contributed by atoms with Gasteiger partial charge in [-0.15, -0.1) is 0 Å². The number of nitrogens with zero attached hydrogens (tertiary/aromatic N) is 2. The fourth-order valence-electron chi connectivity index (χ4n) is 3.10. The summed E-state index contributed by atoms with van der Waals surface area (Å²) in [5, 5.41) is 8.85. The Labute approximate surface area is 185 Å². The van der Waals surface area contributed by atoms with Crippen molar-refractivity contribution in [2.75, 3.05) is 29.5 Å². The van der Waals surface area contributed by atoms with E-state index in [4.69, 9.17) is 22.1 Å². The van der Waals surface area contributed by atoms with Gasteiger partial charge in [0.2, 0.25) is 0 Å². The van der Waals surface area contributed by atoms with Crippen molar-refractivity contribution in [1.29, 1.82) is 0 Å². The van der Waals surface area contributed by atoms with Gasteiger partial charge in [0, 0.05) is 24.3 Å². The van der Waals surface area contributed by atoms with Crippen molar-refractivity contribution in [2.45, 2.75) is 13.8 Å². The lowest BCUT2D eigenvalue weighted by Crippen LogP contribution is -2.27. The van der Waals surface area contributed by atoms with Crippen molar-refractivity contribution in [1.82, 2.24) is 0 Å². The van der Waals surface area contributed by atoms with Crippen LogP contribution in [0.5, 0.6) is 5.75 Å². The molecule has 1 aliphatic rings. The second-order valence-electron chi connectivity index (χ2n) is 6.43. The minimum Gasteiger partial charge on any atom is -0.481 e. The third kappa shape index (κ3) is 4.83. The Kier molecular flexibility index (Phi) is 7.12. The molecule has 2 aromatic rings. The van der Waals surface area contributed by atoms with Gasteiger partial charge in [-0.2, -0.15) is 0 Å². The Morgan fingerprint density at radius 2 is 1.83 bits per heavy atom. The van der Waals surface area contributed by atoms with E-state index in [2.05, 4.69) is 18.7 Å². The zero-order chi connectivity index (χ0) is 21.7. The van der Waals surface area contributed by atoms with Gasteiger partial charge in [-0.1, -0.05) is 42.2 Å². The molecule has 0 aliphatic carbocycles. The van der Waals surface area contributed by atoms with Crippen molar-refractivity contribution in [2.24, 2.45) is 0 Å². The molecule has 8 heteroatoms. The maximum atomic E-state index is 13.0. The lowest BCUT2D eigenvalue weighted by Gasteiger charge is -2.22. The monoisotopic (exact) mass is 442 g/mol. The number of anilines is 2. The van der Waals surface area contributed by atoms with Crippen molar-refractivity contribution in [3.63, 3.8) is 0 Å². The normalized spacial score (nSPS) is 15.0. The molecule has 1 N–H and O–H groups in total. The van der Waals surface area contributed by atoms with Gasteiger partial charge in [0.1, 0.15) is 5.75 Å². The van der Waals surface area contributed by atoms with Gasteiger partial charge in [0.15, 0.2) is 10.9 Å². The van der Waals surface area contributed by atoms with Gasteiger partial charge in [-0.25, -0.2) is 4.79 Å². The molecule has 0 aromatic heterocycles. The number of aliphatic carboxylic acids is 1. The molecule has 156 valence electrons. The van der Waals surface area contributed by atoms with Crippen LogP contribution in [0.25, 0.3) is 6.08 Å². The van der Waals surface area contributed by atoms with Crippen molar-refractivity contribution in [3.05, 3.63) is 59.0 Å². The van der Waals surface area contributed by atoms with Crippen LogP contribution in [0, 0.1) is 0 Å². The third-order valence-corrected chi connectivity index (χ3v) is 5.89. The van der Waals surface area contributed by atoms with Crippen LogP contribution in [0.2, 0.25) is 0 Å². The number of rotatable bonds is 8. The van der Waals surface area contributed by atoms with E-state index in [0.717, 1.165) is 18.8 Å². The molecule has 0 atom stereocenters. The van der Waals surface area contributed by atoms with E-state index in [-0.39, 0.29) is 5.91 Å². The molecular formula is C22H22N2O4S2. The number of ether oxygens (including phenoxy) is 1. The first-order chi connectivity index (χ1) is 14.4. The van der Waals surface area contributed by atoms with Gasteiger partial charge in [0.25, 0.3) is 5.91 Å². The summed E-state index contributed by atoms with van der Waals surface area (Å²) >= 11 is 6.66. The largest absolute Gasteiger partial charge is 0.481 e. The van der Waals surface area contributed by atoms with Gasteiger partial charge < -0.3 is 14.7 Å². The Bertz CT molecular complexity index is 985. The minimum absolute atomic E-state index is 0.214. The average molecular weight is 443 g/mol. The molecule has 6 nitrogen and oxygen atoms in total. The van der Waals surface area contributed by atoms with Crippen LogP contribution in [-0.4, -0.2) is 41.0 Å². The number of thiocarbonyl (C=S) groups is 1. The zero-order valence-corrected chi connectivity index (χ0v) is 18.3. The first kappa shape index (κ1) is 21.9. The fourth-order valence-corrected chi connectivity index (χ4v) is 4.39. The Balaban J connectivity index is 1.84. The number of para-hydroxylation sites is 1. The predicted octanol–water partition coefficient (Wildman–Crippen LogP) is 4.40. The number of carboxylic acids is 1. The summed E-state index contributed by atoms with van der Waals surface area (Å²) in [5.74, 6) is -0.883. The first-order valence-electron chi connectivity index (χ1n) is 9.51. The van der Waals surface area contributed by atoms with Gasteiger partial charge in [0.05, 0.1) is 10.6 Å². The van der Waals surface area contributed by atoms with Gasteiger partial charge in [-0.05, 0) is 50.3 Å². The van der Waals surface area contributed by atoms with Gasteiger partial charge in [-0.3, -0.25) is 9.69 Å². The number of carbonyl (C=O) groups excluding carboxylic acids is 1. The van der Waals surface area contributed by atoms with Crippen LogP contribution in [-0.2, 0) is 9.59 Å². The molecule has 0 unspecified atom stereocenters. The van der Waals surface area contributed by atoms with E-state index >= 15 is 0 Å². The number of carboxylic acid groups (broad SMARTS) is 1. The topological polar surface area (TPSA) is 70.1 Å². The predicted molar refractivity (Wildman–Crippen MR) is 125 cm³/mol. The number of amides is 1. The van der Waals surface area contributed by atoms with Crippen molar-refractivity contribution >= 4 is 57.6 Å². The highest BCUT2D eigenvalue weighted by Gasteiger charge is 2.33. The SMILES string of the molecule is CCN(CC)c1ccc(N2C(=O)/C(=C\c3ccccc3OCC(=O)O)SC2=S)cc1. The third-order valence-electron chi connectivity index (χ3n) is 4.59. The van der Waals surface area contributed by atoms with E-state index in [9.17, 15) is 9.59 Å². The van der Waals surface area contributed by atoms with Crippen molar-refractivity contribution < 1.29 is 19.4 Å². The number of benzene rings is 2. The summed E-state index contributed by atoms with van der Waals surface area (Å²) in [5.41, 5.74) is 2.43. The molecule has 1 fully saturated rings. The Hall–Kier alpha value is -2.84. The standard InChI is InChI=1S/C22H22N2O4S2/c1-3-23(4-2)16-9-11-17(12-10-16)24-21(27)19(30-22(24)29)13-15-7-5-6-8-18(15)28-14-20(25)26/h5-13H,3-4,14H2,1-2H3,(H,25,26)/b19-13+. The molecule has 0 saturated carbocycles. The summed E-state index contributed by atoms with van der Waals surface area (Å²) in [6, 6.07) is 14.7. The summed E-state index contributed by atoms with van der Waals surface area (Å²) < 4.78 is 5.77. The number of carbonyl (C=O) groups is 2. The van der Waals surface area contributed by atoms with Crippen LogP contribution in [0.3, 0.4) is 0 Å². The Morgan fingerprint density at radius 1 is 1.17 bits per heavy atom. The highest BCUT2D eigenvalue weighted by molar-refractivity contribution is 8.27. The quantitative estimate of drug-likeness (QED) is 0.480. The summed E-state index contributed by atoms with van der Waals surface area (Å²) in [6.07, 6.45) is 1.68. The second-order valence-corrected chi connectivity index (χ2v) is 8.10. The number of hydrogen-bond acceptors (Lipinski definition) is 6. The molecule has 1 aliphatic heterocycles. The average Bonchev–Trinajstić information content (AvgIpc) is 3.02. The molecule has 0 bridgehead atoms. The van der Waals surface area contributed by atoms with Crippen molar-refractivity contribution in [3.8, 4) is 5.75 Å².